The summed E-state index contributed by atoms with van der Waals surface area (Å²) in [5, 5.41) is 3.32. The van der Waals surface area contributed by atoms with Crippen LogP contribution in [0.4, 0.5) is 0 Å². The van der Waals surface area contributed by atoms with Gasteiger partial charge in [0, 0.05) is 6.54 Å². The van der Waals surface area contributed by atoms with Crippen molar-refractivity contribution in [3.8, 4) is 0 Å². The van der Waals surface area contributed by atoms with Crippen molar-refractivity contribution < 1.29 is 0 Å². The van der Waals surface area contributed by atoms with Crippen molar-refractivity contribution >= 4 is 0 Å². The van der Waals surface area contributed by atoms with Gasteiger partial charge in [-0.25, -0.2) is 0 Å². The van der Waals surface area contributed by atoms with Crippen molar-refractivity contribution in [2.24, 2.45) is 5.92 Å². The van der Waals surface area contributed by atoms with E-state index in [-0.39, 0.29) is 0 Å². The van der Waals surface area contributed by atoms with E-state index in [1.54, 1.807) is 0 Å². The maximum atomic E-state index is 3.32. The highest BCUT2D eigenvalue weighted by Crippen LogP contribution is 2.30. The molecule has 1 saturated carbocycles. The van der Waals surface area contributed by atoms with Gasteiger partial charge in [-0.2, -0.15) is 0 Å². The Bertz CT molecular complexity index is 67.0. The van der Waals surface area contributed by atoms with Gasteiger partial charge in [0.1, 0.15) is 0 Å². The summed E-state index contributed by atoms with van der Waals surface area (Å²) in [6.45, 7) is 5.65. The Labute approximate surface area is 57.8 Å². The van der Waals surface area contributed by atoms with E-state index >= 15 is 0 Å². The lowest BCUT2D eigenvalue weighted by molar-refractivity contribution is 0.673. The van der Waals surface area contributed by atoms with Crippen molar-refractivity contribution in [2.45, 2.75) is 32.6 Å². The number of nitrogens with one attached hydrogen (secondary N) is 1. The molecule has 0 aromatic rings. The second-order valence-electron chi connectivity index (χ2n) is 2.81. The van der Waals surface area contributed by atoms with Crippen molar-refractivity contribution in [1.29, 1.82) is 0 Å². The molecule has 0 saturated heterocycles. The molecule has 1 radical (unpaired) electrons. The van der Waals surface area contributed by atoms with Crippen LogP contribution in [0, 0.1) is 12.5 Å². The highest BCUT2D eigenvalue weighted by molar-refractivity contribution is 4.84. The van der Waals surface area contributed by atoms with Gasteiger partial charge >= 0.3 is 0 Å². The Hall–Kier alpha value is -0.0400. The second kappa shape index (κ2) is 3.89. The molecule has 1 aliphatic rings. The van der Waals surface area contributed by atoms with Crippen LogP contribution in [-0.4, -0.2) is 6.54 Å². The molecule has 0 amide bonds. The van der Waals surface area contributed by atoms with Crippen molar-refractivity contribution in [3.63, 3.8) is 0 Å². The van der Waals surface area contributed by atoms with Crippen molar-refractivity contribution in [2.75, 3.05) is 6.54 Å². The maximum absolute atomic E-state index is 3.32. The van der Waals surface area contributed by atoms with Crippen LogP contribution in [0.1, 0.15) is 32.6 Å². The molecule has 9 heavy (non-hydrogen) atoms. The van der Waals surface area contributed by atoms with E-state index in [9.17, 15) is 0 Å². The number of hydrogen-bond acceptors (Lipinski definition) is 1. The Morgan fingerprint density at radius 2 is 2.33 bits per heavy atom. The molecular formula is C8H16N. The lowest BCUT2D eigenvalue weighted by Gasteiger charge is -1.98. The highest BCUT2D eigenvalue weighted by atomic mass is 14.9. The van der Waals surface area contributed by atoms with Crippen molar-refractivity contribution in [3.05, 3.63) is 6.54 Å². The summed E-state index contributed by atoms with van der Waals surface area (Å²) in [5.41, 5.74) is 0. The first kappa shape index (κ1) is 7.07. The predicted molar refractivity (Wildman–Crippen MR) is 39.9 cm³/mol. The summed E-state index contributed by atoms with van der Waals surface area (Å²) < 4.78 is 0. The van der Waals surface area contributed by atoms with Crippen LogP contribution in [0.3, 0.4) is 0 Å². The van der Waals surface area contributed by atoms with Crippen LogP contribution < -0.4 is 5.32 Å². The third-order valence-electron chi connectivity index (χ3n) is 1.65. The predicted octanol–water partition coefficient (Wildman–Crippen LogP) is 1.95. The summed E-state index contributed by atoms with van der Waals surface area (Å²) in [6, 6.07) is 0. The molecule has 0 atom stereocenters. The SMILES string of the molecule is CCCCN[CH]C1CC1. The van der Waals surface area contributed by atoms with E-state index in [1.807, 2.05) is 0 Å². The standard InChI is InChI=1S/C8H16N/c1-2-3-6-9-7-8-4-5-8/h7-9H,2-6H2,1H3. The molecule has 0 bridgehead atoms. The molecule has 0 aromatic carbocycles. The third kappa shape index (κ3) is 3.52. The van der Waals surface area contributed by atoms with Crippen LogP contribution in [0.2, 0.25) is 0 Å². The Kier molecular flexibility index (Phi) is 3.05. The molecule has 1 aliphatic carbocycles. The van der Waals surface area contributed by atoms with Gasteiger partial charge in [-0.1, -0.05) is 13.3 Å². The van der Waals surface area contributed by atoms with Gasteiger partial charge in [-0.15, -0.1) is 0 Å². The van der Waals surface area contributed by atoms with E-state index in [0.29, 0.717) is 0 Å². The Morgan fingerprint density at radius 3 is 2.89 bits per heavy atom. The van der Waals surface area contributed by atoms with Crippen LogP contribution in [0.5, 0.6) is 0 Å². The second-order valence-corrected chi connectivity index (χ2v) is 2.81. The molecule has 1 fully saturated rings. The first-order valence-electron chi connectivity index (χ1n) is 4.00. The zero-order valence-corrected chi connectivity index (χ0v) is 6.19. The minimum Gasteiger partial charge on any atom is -0.312 e. The Balaban J connectivity index is 1.71. The zero-order chi connectivity index (χ0) is 6.53. The first-order valence-corrected chi connectivity index (χ1v) is 4.00. The summed E-state index contributed by atoms with van der Waals surface area (Å²) >= 11 is 0. The highest BCUT2D eigenvalue weighted by Gasteiger charge is 2.20. The van der Waals surface area contributed by atoms with E-state index < -0.39 is 0 Å². The molecule has 0 aliphatic heterocycles. The quantitative estimate of drug-likeness (QED) is 0.555. The van der Waals surface area contributed by atoms with E-state index in [1.165, 1.54) is 32.2 Å². The fourth-order valence-electron chi connectivity index (χ4n) is 0.792. The van der Waals surface area contributed by atoms with Gasteiger partial charge in [-0.3, -0.25) is 0 Å². The van der Waals surface area contributed by atoms with E-state index in [2.05, 4.69) is 18.8 Å². The minimum atomic E-state index is 0.918. The largest absolute Gasteiger partial charge is 0.312 e. The van der Waals surface area contributed by atoms with Crippen LogP contribution in [0.15, 0.2) is 0 Å². The molecule has 0 unspecified atom stereocenters. The molecule has 1 rings (SSSR count). The topological polar surface area (TPSA) is 12.0 Å². The van der Waals surface area contributed by atoms with Gasteiger partial charge in [0.2, 0.25) is 0 Å². The normalized spacial score (nSPS) is 18.3. The number of hydrogen-bond donors (Lipinski definition) is 1. The van der Waals surface area contributed by atoms with Gasteiger partial charge in [0.25, 0.3) is 0 Å². The number of rotatable bonds is 5. The van der Waals surface area contributed by atoms with Gasteiger partial charge in [0.05, 0.1) is 0 Å². The fourth-order valence-corrected chi connectivity index (χ4v) is 0.792. The van der Waals surface area contributed by atoms with E-state index in [4.69, 9.17) is 0 Å². The van der Waals surface area contributed by atoms with Crippen molar-refractivity contribution in [1.82, 2.24) is 5.32 Å². The van der Waals surface area contributed by atoms with Gasteiger partial charge in [-0.05, 0) is 31.7 Å². The lowest BCUT2D eigenvalue weighted by Crippen LogP contribution is -2.12. The monoisotopic (exact) mass is 126 g/mol. The molecule has 1 heteroatoms. The Morgan fingerprint density at radius 1 is 1.56 bits per heavy atom. The van der Waals surface area contributed by atoms with E-state index in [0.717, 1.165) is 5.92 Å². The molecule has 1 N–H and O–H groups in total. The summed E-state index contributed by atoms with van der Waals surface area (Å²) in [5.74, 6) is 0.918. The van der Waals surface area contributed by atoms with Gasteiger partial charge in [0.15, 0.2) is 0 Å². The van der Waals surface area contributed by atoms with Crippen LogP contribution >= 0.6 is 0 Å². The van der Waals surface area contributed by atoms with Gasteiger partial charge < -0.3 is 5.32 Å². The summed E-state index contributed by atoms with van der Waals surface area (Å²) in [4.78, 5) is 0. The molecule has 53 valence electrons. The lowest BCUT2D eigenvalue weighted by atomic mass is 10.3. The molecule has 0 heterocycles. The summed E-state index contributed by atoms with van der Waals surface area (Å²) in [7, 11) is 0. The molecule has 0 aromatic heterocycles. The smallest absolute Gasteiger partial charge is 0.0252 e. The first-order chi connectivity index (χ1) is 4.43. The number of unbranched alkanes of at least 4 members (excludes halogenated alkanes) is 1. The zero-order valence-electron chi connectivity index (χ0n) is 6.19. The van der Waals surface area contributed by atoms with Crippen LogP contribution in [0.25, 0.3) is 0 Å². The average Bonchev–Trinajstić information content (AvgIpc) is 2.63. The third-order valence-corrected chi connectivity index (χ3v) is 1.65. The maximum Gasteiger partial charge on any atom is 0.0252 e. The van der Waals surface area contributed by atoms with Crippen LogP contribution in [-0.2, 0) is 0 Å². The minimum absolute atomic E-state index is 0.918. The molecule has 1 nitrogen and oxygen atoms in total. The average molecular weight is 126 g/mol. The summed E-state index contributed by atoms with van der Waals surface area (Å²) in [6.07, 6.45) is 5.44. The molecular weight excluding hydrogens is 110 g/mol. The molecule has 0 spiro atoms. The fraction of sp³-hybridized carbons (Fsp3) is 0.875.